The van der Waals surface area contributed by atoms with Crippen molar-refractivity contribution in [2.24, 2.45) is 5.92 Å². The summed E-state index contributed by atoms with van der Waals surface area (Å²) in [6.45, 7) is 5.94. The molecule has 0 heterocycles. The third kappa shape index (κ3) is 5.37. The van der Waals surface area contributed by atoms with Crippen LogP contribution >= 0.6 is 0 Å². The second kappa shape index (κ2) is 8.48. The minimum atomic E-state index is -0.658. The maximum Gasteiger partial charge on any atom is 0.261 e. The summed E-state index contributed by atoms with van der Waals surface area (Å²) in [5.74, 6) is 0.400. The summed E-state index contributed by atoms with van der Waals surface area (Å²) in [4.78, 5) is 12.5. The molecule has 0 bridgehead atoms. The first-order valence-electron chi connectivity index (χ1n) is 8.23. The van der Waals surface area contributed by atoms with Crippen molar-refractivity contribution in [3.8, 4) is 5.75 Å². The van der Waals surface area contributed by atoms with Gasteiger partial charge in [-0.15, -0.1) is 0 Å². The molecule has 1 amide bonds. The Morgan fingerprint density at radius 3 is 2.25 bits per heavy atom. The number of carbonyl (C=O) groups is 1. The van der Waals surface area contributed by atoms with Gasteiger partial charge in [-0.05, 0) is 49.1 Å². The van der Waals surface area contributed by atoms with Crippen molar-refractivity contribution in [1.82, 2.24) is 5.32 Å². The van der Waals surface area contributed by atoms with Crippen LogP contribution in [-0.2, 0) is 4.79 Å². The molecular weight excluding hydrogens is 305 g/mol. The third-order valence-corrected chi connectivity index (χ3v) is 3.72. The molecule has 2 atom stereocenters. The predicted molar refractivity (Wildman–Crippen MR) is 93.3 cm³/mol. The summed E-state index contributed by atoms with van der Waals surface area (Å²) < 4.78 is 18.5. The molecule has 0 aliphatic heterocycles. The van der Waals surface area contributed by atoms with Crippen LogP contribution in [-0.4, -0.2) is 12.0 Å². The largest absolute Gasteiger partial charge is 0.481 e. The van der Waals surface area contributed by atoms with E-state index in [-0.39, 0.29) is 17.8 Å². The second-order valence-corrected chi connectivity index (χ2v) is 6.32. The van der Waals surface area contributed by atoms with Crippen molar-refractivity contribution in [2.75, 3.05) is 0 Å². The normalized spacial score (nSPS) is 13.4. The highest BCUT2D eigenvalue weighted by Crippen LogP contribution is 2.21. The van der Waals surface area contributed by atoms with Gasteiger partial charge in [0.25, 0.3) is 5.91 Å². The number of nitrogens with one attached hydrogen (secondary N) is 1. The summed E-state index contributed by atoms with van der Waals surface area (Å²) >= 11 is 0. The summed E-state index contributed by atoms with van der Waals surface area (Å²) in [7, 11) is 0. The molecule has 0 unspecified atom stereocenters. The monoisotopic (exact) mass is 329 g/mol. The molecule has 0 aliphatic rings. The topological polar surface area (TPSA) is 38.3 Å². The van der Waals surface area contributed by atoms with Gasteiger partial charge in [0.15, 0.2) is 6.10 Å². The number of hydrogen-bond acceptors (Lipinski definition) is 2. The van der Waals surface area contributed by atoms with Crippen molar-refractivity contribution in [3.63, 3.8) is 0 Å². The Kier molecular flexibility index (Phi) is 6.36. The highest BCUT2D eigenvalue weighted by atomic mass is 19.1. The van der Waals surface area contributed by atoms with Crippen LogP contribution in [0.25, 0.3) is 0 Å². The van der Waals surface area contributed by atoms with Gasteiger partial charge in [0.2, 0.25) is 0 Å². The fraction of sp³-hybridized carbons (Fsp3) is 0.350. The number of rotatable bonds is 7. The summed E-state index contributed by atoms with van der Waals surface area (Å²) in [6, 6.07) is 15.5. The zero-order chi connectivity index (χ0) is 17.5. The van der Waals surface area contributed by atoms with Crippen LogP contribution in [0.1, 0.15) is 38.8 Å². The molecule has 0 radical (unpaired) electrons. The van der Waals surface area contributed by atoms with Crippen molar-refractivity contribution < 1.29 is 13.9 Å². The summed E-state index contributed by atoms with van der Waals surface area (Å²) in [6.07, 6.45) is 0.188. The quantitative estimate of drug-likeness (QED) is 0.812. The van der Waals surface area contributed by atoms with Crippen LogP contribution < -0.4 is 10.1 Å². The molecular formula is C20H24FNO2. The number of benzene rings is 2. The number of hydrogen-bond donors (Lipinski definition) is 1. The molecule has 4 heteroatoms. The minimum Gasteiger partial charge on any atom is -0.481 e. The molecule has 2 aromatic rings. The van der Waals surface area contributed by atoms with Gasteiger partial charge < -0.3 is 10.1 Å². The van der Waals surface area contributed by atoms with Crippen LogP contribution in [0.3, 0.4) is 0 Å². The first kappa shape index (κ1) is 18.0. The van der Waals surface area contributed by atoms with Gasteiger partial charge in [-0.2, -0.15) is 0 Å². The number of carbonyl (C=O) groups excluding carboxylic acids is 1. The lowest BCUT2D eigenvalue weighted by Crippen LogP contribution is -2.39. The zero-order valence-electron chi connectivity index (χ0n) is 14.3. The van der Waals surface area contributed by atoms with E-state index < -0.39 is 6.10 Å². The Morgan fingerprint density at radius 2 is 1.67 bits per heavy atom. The van der Waals surface area contributed by atoms with Crippen molar-refractivity contribution in [2.45, 2.75) is 39.3 Å². The van der Waals surface area contributed by atoms with E-state index in [0.29, 0.717) is 11.7 Å². The SMILES string of the molecule is CC(C)C[C@H](NC(=O)[C@@H](C)Oc1ccc(F)cc1)c1ccccc1. The van der Waals surface area contributed by atoms with E-state index in [1.807, 2.05) is 30.3 Å². The highest BCUT2D eigenvalue weighted by molar-refractivity contribution is 5.81. The molecule has 24 heavy (non-hydrogen) atoms. The second-order valence-electron chi connectivity index (χ2n) is 6.32. The van der Waals surface area contributed by atoms with Crippen LogP contribution in [0.2, 0.25) is 0 Å². The average molecular weight is 329 g/mol. The Labute approximate surface area is 142 Å². The van der Waals surface area contributed by atoms with Gasteiger partial charge in [0.1, 0.15) is 11.6 Å². The number of amides is 1. The van der Waals surface area contributed by atoms with Crippen LogP contribution in [0.15, 0.2) is 54.6 Å². The van der Waals surface area contributed by atoms with Gasteiger partial charge in [0, 0.05) is 0 Å². The molecule has 0 spiro atoms. The third-order valence-electron chi connectivity index (χ3n) is 3.72. The van der Waals surface area contributed by atoms with E-state index in [2.05, 4.69) is 19.2 Å². The standard InChI is InChI=1S/C20H24FNO2/c1-14(2)13-19(16-7-5-4-6-8-16)22-20(23)15(3)24-18-11-9-17(21)10-12-18/h4-12,14-15,19H,13H2,1-3H3,(H,22,23)/t15-,19+/m1/s1. The maximum atomic E-state index is 12.9. The summed E-state index contributed by atoms with van der Waals surface area (Å²) in [5.41, 5.74) is 1.08. The van der Waals surface area contributed by atoms with E-state index >= 15 is 0 Å². The molecule has 3 nitrogen and oxygen atoms in total. The Morgan fingerprint density at radius 1 is 1.04 bits per heavy atom. The number of ether oxygens (including phenoxy) is 1. The smallest absolute Gasteiger partial charge is 0.261 e. The van der Waals surface area contributed by atoms with Crippen LogP contribution in [0, 0.1) is 11.7 Å². The molecule has 0 aliphatic carbocycles. The molecule has 2 aromatic carbocycles. The van der Waals surface area contributed by atoms with E-state index in [1.54, 1.807) is 6.92 Å². The van der Waals surface area contributed by atoms with E-state index in [9.17, 15) is 9.18 Å². The van der Waals surface area contributed by atoms with Crippen molar-refractivity contribution in [3.05, 3.63) is 66.0 Å². The maximum absolute atomic E-state index is 12.9. The zero-order valence-corrected chi connectivity index (χ0v) is 14.3. The summed E-state index contributed by atoms with van der Waals surface area (Å²) in [5, 5.41) is 3.06. The lowest BCUT2D eigenvalue weighted by atomic mass is 9.97. The van der Waals surface area contributed by atoms with Gasteiger partial charge in [-0.25, -0.2) is 4.39 Å². The number of halogens is 1. The fourth-order valence-corrected chi connectivity index (χ4v) is 2.49. The molecule has 2 rings (SSSR count). The van der Waals surface area contributed by atoms with Crippen LogP contribution in [0.5, 0.6) is 5.75 Å². The average Bonchev–Trinajstić information content (AvgIpc) is 2.56. The first-order valence-corrected chi connectivity index (χ1v) is 8.23. The minimum absolute atomic E-state index is 0.0574. The van der Waals surface area contributed by atoms with Crippen molar-refractivity contribution >= 4 is 5.91 Å². The lowest BCUT2D eigenvalue weighted by molar-refractivity contribution is -0.128. The Balaban J connectivity index is 2.02. The van der Waals surface area contributed by atoms with E-state index in [1.165, 1.54) is 24.3 Å². The molecule has 0 aromatic heterocycles. The van der Waals surface area contributed by atoms with Crippen molar-refractivity contribution in [1.29, 1.82) is 0 Å². The highest BCUT2D eigenvalue weighted by Gasteiger charge is 2.21. The molecule has 128 valence electrons. The van der Waals surface area contributed by atoms with Gasteiger partial charge in [-0.3, -0.25) is 4.79 Å². The molecule has 0 saturated carbocycles. The Bertz CT molecular complexity index is 640. The fourth-order valence-electron chi connectivity index (χ4n) is 2.49. The van der Waals surface area contributed by atoms with Gasteiger partial charge in [-0.1, -0.05) is 44.2 Å². The van der Waals surface area contributed by atoms with Gasteiger partial charge >= 0.3 is 0 Å². The molecule has 0 fully saturated rings. The predicted octanol–water partition coefficient (Wildman–Crippen LogP) is 4.50. The first-order chi connectivity index (χ1) is 11.5. The van der Waals surface area contributed by atoms with Gasteiger partial charge in [0.05, 0.1) is 6.04 Å². The lowest BCUT2D eigenvalue weighted by Gasteiger charge is -2.23. The Hall–Kier alpha value is -2.36. The van der Waals surface area contributed by atoms with E-state index in [4.69, 9.17) is 4.74 Å². The van der Waals surface area contributed by atoms with E-state index in [0.717, 1.165) is 12.0 Å². The molecule has 0 saturated heterocycles. The molecule has 1 N–H and O–H groups in total. The van der Waals surface area contributed by atoms with Crippen LogP contribution in [0.4, 0.5) is 4.39 Å².